The van der Waals surface area contributed by atoms with Gasteiger partial charge in [0, 0.05) is 38.4 Å². The Morgan fingerprint density at radius 1 is 1.04 bits per heavy atom. The Bertz CT molecular complexity index is 898. The summed E-state index contributed by atoms with van der Waals surface area (Å²) >= 11 is 5.56. The smallest absolute Gasteiger partial charge is 0.251 e. The molecule has 0 bridgehead atoms. The summed E-state index contributed by atoms with van der Waals surface area (Å²) in [5, 5.41) is 0. The molecule has 1 aliphatic rings. The molecule has 0 atom stereocenters. The van der Waals surface area contributed by atoms with Crippen LogP contribution < -0.4 is 5.73 Å². The first-order chi connectivity index (χ1) is 12.9. The number of aryl methyl sites for hydroxylation is 3. The Hall–Kier alpha value is -2.02. The Morgan fingerprint density at radius 2 is 1.67 bits per heavy atom. The minimum atomic E-state index is -0.450. The van der Waals surface area contributed by atoms with E-state index >= 15 is 0 Å². The summed E-state index contributed by atoms with van der Waals surface area (Å²) in [5.74, 6) is -0.450. The standard InChI is InChI=1S/C21H28N4OS/c1-15-6-4-5-7-18(15)13-23-8-10-24(11-9-23)14-25-17(3)12-16(2)19(20(22)26)21(25)27/h4-7,12H,8-11,13-14H2,1-3H3,(H2,22,26). The second-order valence-electron chi connectivity index (χ2n) is 7.40. The molecule has 1 aliphatic heterocycles. The summed E-state index contributed by atoms with van der Waals surface area (Å²) in [7, 11) is 0. The van der Waals surface area contributed by atoms with Crippen LogP contribution in [0.15, 0.2) is 30.3 Å². The Kier molecular flexibility index (Phi) is 6.09. The van der Waals surface area contributed by atoms with Crippen molar-refractivity contribution in [2.45, 2.75) is 34.0 Å². The SMILES string of the molecule is Cc1ccccc1CN1CCN(Cn2c(C)cc(C)c(C(N)=O)c2=S)CC1. The number of piperazine rings is 1. The van der Waals surface area contributed by atoms with E-state index in [2.05, 4.69) is 41.0 Å². The van der Waals surface area contributed by atoms with Gasteiger partial charge in [0.1, 0.15) is 4.64 Å². The summed E-state index contributed by atoms with van der Waals surface area (Å²) in [4.78, 5) is 16.6. The fourth-order valence-electron chi connectivity index (χ4n) is 3.72. The fourth-order valence-corrected chi connectivity index (χ4v) is 4.18. The van der Waals surface area contributed by atoms with Gasteiger partial charge in [-0.15, -0.1) is 0 Å². The molecular formula is C21H28N4OS. The molecule has 0 unspecified atom stereocenters. The van der Waals surface area contributed by atoms with Crippen molar-refractivity contribution in [3.8, 4) is 0 Å². The van der Waals surface area contributed by atoms with Gasteiger partial charge in [-0.2, -0.15) is 0 Å². The van der Waals surface area contributed by atoms with Gasteiger partial charge in [0.25, 0.3) is 5.91 Å². The number of rotatable bonds is 5. The zero-order valence-electron chi connectivity index (χ0n) is 16.4. The lowest BCUT2D eigenvalue weighted by atomic mass is 10.1. The number of nitrogens with zero attached hydrogens (tertiary/aromatic N) is 3. The summed E-state index contributed by atoms with van der Waals surface area (Å²) in [5.41, 5.74) is 10.7. The van der Waals surface area contributed by atoms with Gasteiger partial charge in [-0.25, -0.2) is 0 Å². The Labute approximate surface area is 166 Å². The molecule has 2 heterocycles. The van der Waals surface area contributed by atoms with Crippen molar-refractivity contribution >= 4 is 18.1 Å². The third-order valence-electron chi connectivity index (χ3n) is 5.41. The van der Waals surface area contributed by atoms with E-state index in [1.165, 1.54) is 11.1 Å². The van der Waals surface area contributed by atoms with Gasteiger partial charge >= 0.3 is 0 Å². The van der Waals surface area contributed by atoms with E-state index in [1.807, 2.05) is 24.5 Å². The zero-order chi connectivity index (χ0) is 19.6. The van der Waals surface area contributed by atoms with Gasteiger partial charge < -0.3 is 10.3 Å². The lowest BCUT2D eigenvalue weighted by Crippen LogP contribution is -2.46. The zero-order valence-corrected chi connectivity index (χ0v) is 17.2. The number of amides is 1. The van der Waals surface area contributed by atoms with Crippen molar-refractivity contribution in [2.75, 3.05) is 26.2 Å². The number of hydrogen-bond donors (Lipinski definition) is 1. The first-order valence-electron chi connectivity index (χ1n) is 9.37. The van der Waals surface area contributed by atoms with E-state index in [9.17, 15) is 4.79 Å². The van der Waals surface area contributed by atoms with Crippen molar-refractivity contribution in [3.05, 3.63) is 62.9 Å². The highest BCUT2D eigenvalue weighted by Crippen LogP contribution is 2.16. The molecule has 1 aromatic carbocycles. The van der Waals surface area contributed by atoms with E-state index in [0.29, 0.717) is 16.9 Å². The molecule has 27 heavy (non-hydrogen) atoms. The molecule has 1 saturated heterocycles. The number of pyridine rings is 1. The minimum Gasteiger partial charge on any atom is -0.365 e. The number of carbonyl (C=O) groups excluding carboxylic acids is 1. The topological polar surface area (TPSA) is 54.5 Å². The van der Waals surface area contributed by atoms with Crippen LogP contribution in [0.2, 0.25) is 0 Å². The third kappa shape index (κ3) is 4.46. The van der Waals surface area contributed by atoms with Crippen LogP contribution in [-0.2, 0) is 13.2 Å². The first-order valence-corrected chi connectivity index (χ1v) is 9.77. The van der Waals surface area contributed by atoms with Crippen LogP contribution in [0.4, 0.5) is 0 Å². The van der Waals surface area contributed by atoms with Crippen LogP contribution in [-0.4, -0.2) is 46.5 Å². The van der Waals surface area contributed by atoms with E-state index in [-0.39, 0.29) is 0 Å². The maximum Gasteiger partial charge on any atom is 0.251 e. The fraction of sp³-hybridized carbons (Fsp3) is 0.429. The highest BCUT2D eigenvalue weighted by atomic mass is 32.1. The van der Waals surface area contributed by atoms with Gasteiger partial charge in [-0.1, -0.05) is 36.5 Å². The second-order valence-corrected chi connectivity index (χ2v) is 7.79. The molecule has 3 rings (SSSR count). The van der Waals surface area contributed by atoms with Gasteiger partial charge in [0.2, 0.25) is 0 Å². The van der Waals surface area contributed by atoms with Crippen molar-refractivity contribution in [3.63, 3.8) is 0 Å². The number of aromatic nitrogens is 1. The molecular weight excluding hydrogens is 356 g/mol. The van der Waals surface area contributed by atoms with Gasteiger partial charge in [-0.3, -0.25) is 14.6 Å². The minimum absolute atomic E-state index is 0.450. The van der Waals surface area contributed by atoms with Crippen molar-refractivity contribution in [1.82, 2.24) is 14.4 Å². The number of benzene rings is 1. The van der Waals surface area contributed by atoms with Crippen LogP contribution in [0.3, 0.4) is 0 Å². The van der Waals surface area contributed by atoms with E-state index in [4.69, 9.17) is 18.0 Å². The lowest BCUT2D eigenvalue weighted by molar-refractivity contribution is 0.0982. The molecule has 0 aliphatic carbocycles. The molecule has 144 valence electrons. The molecule has 0 saturated carbocycles. The molecule has 6 heteroatoms. The first kappa shape index (κ1) is 19.7. The highest BCUT2D eigenvalue weighted by Gasteiger charge is 2.19. The van der Waals surface area contributed by atoms with E-state index in [0.717, 1.165) is 44.0 Å². The normalized spacial score (nSPS) is 15.8. The largest absolute Gasteiger partial charge is 0.365 e. The maximum atomic E-state index is 11.8. The second kappa shape index (κ2) is 8.33. The predicted molar refractivity (Wildman–Crippen MR) is 111 cm³/mol. The van der Waals surface area contributed by atoms with Crippen LogP contribution >= 0.6 is 12.2 Å². The molecule has 0 radical (unpaired) electrons. The van der Waals surface area contributed by atoms with Gasteiger partial charge in [-0.05, 0) is 43.5 Å². The number of hydrogen-bond acceptors (Lipinski definition) is 4. The Balaban J connectivity index is 1.66. The summed E-state index contributed by atoms with van der Waals surface area (Å²) in [6.45, 7) is 11.8. The predicted octanol–water partition coefficient (Wildman–Crippen LogP) is 3.02. The van der Waals surface area contributed by atoms with Crippen LogP contribution in [0.1, 0.15) is 32.7 Å². The van der Waals surface area contributed by atoms with Crippen molar-refractivity contribution < 1.29 is 4.79 Å². The summed E-state index contributed by atoms with van der Waals surface area (Å²) < 4.78 is 2.57. The monoisotopic (exact) mass is 384 g/mol. The van der Waals surface area contributed by atoms with Crippen LogP contribution in [0.5, 0.6) is 0 Å². The average Bonchev–Trinajstić information content (AvgIpc) is 2.61. The van der Waals surface area contributed by atoms with Crippen LogP contribution in [0.25, 0.3) is 0 Å². The molecule has 1 aromatic heterocycles. The molecule has 0 spiro atoms. The number of carbonyl (C=O) groups is 1. The molecule has 5 nitrogen and oxygen atoms in total. The van der Waals surface area contributed by atoms with Gasteiger partial charge in [0.15, 0.2) is 0 Å². The van der Waals surface area contributed by atoms with Crippen molar-refractivity contribution in [2.24, 2.45) is 5.73 Å². The lowest BCUT2D eigenvalue weighted by Gasteiger charge is -2.35. The number of nitrogens with two attached hydrogens (primary N) is 1. The van der Waals surface area contributed by atoms with E-state index in [1.54, 1.807) is 0 Å². The summed E-state index contributed by atoms with van der Waals surface area (Å²) in [6.07, 6.45) is 0. The molecule has 1 fully saturated rings. The van der Waals surface area contributed by atoms with Gasteiger partial charge in [0.05, 0.1) is 12.2 Å². The summed E-state index contributed by atoms with van der Waals surface area (Å²) in [6, 6.07) is 10.6. The molecule has 2 N–H and O–H groups in total. The Morgan fingerprint density at radius 3 is 2.30 bits per heavy atom. The molecule has 1 amide bonds. The van der Waals surface area contributed by atoms with E-state index < -0.39 is 5.91 Å². The van der Waals surface area contributed by atoms with Crippen molar-refractivity contribution in [1.29, 1.82) is 0 Å². The van der Waals surface area contributed by atoms with Crippen LogP contribution in [0, 0.1) is 25.4 Å². The maximum absolute atomic E-state index is 11.8. The number of primary amides is 1. The quantitative estimate of drug-likeness (QED) is 0.805. The molecule has 2 aromatic rings. The average molecular weight is 385 g/mol. The third-order valence-corrected chi connectivity index (χ3v) is 5.84. The highest BCUT2D eigenvalue weighted by molar-refractivity contribution is 7.71.